The van der Waals surface area contributed by atoms with Gasteiger partial charge in [0.25, 0.3) is 0 Å². The van der Waals surface area contributed by atoms with Gasteiger partial charge < -0.3 is 15.5 Å². The summed E-state index contributed by atoms with van der Waals surface area (Å²) < 4.78 is 0. The van der Waals surface area contributed by atoms with Gasteiger partial charge in [-0.25, -0.2) is 0 Å². The second-order valence-corrected chi connectivity index (χ2v) is 5.96. The van der Waals surface area contributed by atoms with Crippen LogP contribution in [0.5, 0.6) is 0 Å². The van der Waals surface area contributed by atoms with E-state index in [0.29, 0.717) is 13.0 Å². The van der Waals surface area contributed by atoms with E-state index in [1.165, 1.54) is 0 Å². The second kappa shape index (κ2) is 7.22. The summed E-state index contributed by atoms with van der Waals surface area (Å²) in [6.07, 6.45) is 2.35. The second-order valence-electron chi connectivity index (χ2n) is 5.96. The summed E-state index contributed by atoms with van der Waals surface area (Å²) in [7, 11) is 2.08. The van der Waals surface area contributed by atoms with Gasteiger partial charge in [0, 0.05) is 38.1 Å². The number of fused-ring (bicyclic) bond motifs is 1. The molecule has 2 saturated heterocycles. The summed E-state index contributed by atoms with van der Waals surface area (Å²) in [4.78, 5) is 28.4. The number of carbonyl (C=O) groups excluding carboxylic acids is 2. The van der Waals surface area contributed by atoms with Crippen LogP contribution >= 0.6 is 0 Å². The fourth-order valence-electron chi connectivity index (χ4n) is 3.47. The van der Waals surface area contributed by atoms with E-state index in [1.54, 1.807) is 0 Å². The SMILES string of the molecule is CCN(CC)C(=O)CCC1CNC(=O)C2NCCC2N1C. The third kappa shape index (κ3) is 3.55. The molecule has 2 amide bonds. The number of nitrogens with one attached hydrogen (secondary N) is 2. The molecule has 0 saturated carbocycles. The summed E-state index contributed by atoms with van der Waals surface area (Å²) in [5, 5.41) is 6.28. The standard InChI is InChI=1S/C15H28N4O2/c1-4-19(5-2)13(20)7-6-11-10-17-15(21)14-12(18(11)3)8-9-16-14/h11-12,14,16H,4-10H2,1-3H3,(H,17,21). The van der Waals surface area contributed by atoms with Gasteiger partial charge in [0.1, 0.15) is 6.04 Å². The normalized spacial score (nSPS) is 29.7. The lowest BCUT2D eigenvalue weighted by Crippen LogP contribution is -2.48. The van der Waals surface area contributed by atoms with Crippen LogP contribution in [0.4, 0.5) is 0 Å². The van der Waals surface area contributed by atoms with E-state index in [2.05, 4.69) is 22.6 Å². The van der Waals surface area contributed by atoms with Gasteiger partial charge in [-0.2, -0.15) is 0 Å². The van der Waals surface area contributed by atoms with E-state index in [0.717, 1.165) is 32.5 Å². The molecule has 0 bridgehead atoms. The molecule has 21 heavy (non-hydrogen) atoms. The van der Waals surface area contributed by atoms with E-state index in [-0.39, 0.29) is 29.9 Å². The van der Waals surface area contributed by atoms with Crippen LogP contribution in [-0.2, 0) is 9.59 Å². The van der Waals surface area contributed by atoms with E-state index in [4.69, 9.17) is 0 Å². The highest BCUT2D eigenvalue weighted by Crippen LogP contribution is 2.21. The third-order valence-electron chi connectivity index (χ3n) is 4.89. The lowest BCUT2D eigenvalue weighted by atomic mass is 10.0. The summed E-state index contributed by atoms with van der Waals surface area (Å²) in [5.41, 5.74) is 0. The Kier molecular flexibility index (Phi) is 5.58. The molecule has 3 unspecified atom stereocenters. The molecule has 6 heteroatoms. The molecule has 6 nitrogen and oxygen atoms in total. The van der Waals surface area contributed by atoms with Crippen LogP contribution in [-0.4, -0.2) is 73.0 Å². The van der Waals surface area contributed by atoms with Crippen molar-refractivity contribution in [2.24, 2.45) is 0 Å². The minimum absolute atomic E-state index is 0.0986. The first-order chi connectivity index (χ1) is 10.1. The Morgan fingerprint density at radius 2 is 2.10 bits per heavy atom. The molecule has 0 radical (unpaired) electrons. The first-order valence-electron chi connectivity index (χ1n) is 8.09. The highest BCUT2D eigenvalue weighted by atomic mass is 16.2. The van der Waals surface area contributed by atoms with Crippen LogP contribution in [0.3, 0.4) is 0 Å². The molecular weight excluding hydrogens is 268 g/mol. The maximum absolute atomic E-state index is 12.1. The molecule has 3 atom stereocenters. The van der Waals surface area contributed by atoms with Crippen molar-refractivity contribution in [3.63, 3.8) is 0 Å². The Hall–Kier alpha value is -1.14. The number of rotatable bonds is 5. The smallest absolute Gasteiger partial charge is 0.238 e. The Morgan fingerprint density at radius 3 is 2.76 bits per heavy atom. The van der Waals surface area contributed by atoms with E-state index < -0.39 is 0 Å². The van der Waals surface area contributed by atoms with Crippen molar-refractivity contribution in [2.75, 3.05) is 33.2 Å². The Balaban J connectivity index is 1.93. The highest BCUT2D eigenvalue weighted by Gasteiger charge is 2.40. The molecular formula is C15H28N4O2. The molecule has 0 aromatic rings. The van der Waals surface area contributed by atoms with Gasteiger partial charge in [0.15, 0.2) is 0 Å². The first kappa shape index (κ1) is 16.2. The third-order valence-corrected chi connectivity index (χ3v) is 4.89. The Labute approximate surface area is 127 Å². The molecule has 2 N–H and O–H groups in total. The molecule has 2 aliphatic heterocycles. The molecule has 2 fully saturated rings. The molecule has 120 valence electrons. The average molecular weight is 296 g/mol. The van der Waals surface area contributed by atoms with Crippen LogP contribution < -0.4 is 10.6 Å². The summed E-state index contributed by atoms with van der Waals surface area (Å²) in [6.45, 7) is 7.07. The molecule has 2 rings (SSSR count). The summed E-state index contributed by atoms with van der Waals surface area (Å²) in [6, 6.07) is 0.392. The van der Waals surface area contributed by atoms with Crippen molar-refractivity contribution < 1.29 is 9.59 Å². The number of carbonyl (C=O) groups is 2. The van der Waals surface area contributed by atoms with Gasteiger partial charge >= 0.3 is 0 Å². The molecule has 2 aliphatic rings. The minimum Gasteiger partial charge on any atom is -0.353 e. The van der Waals surface area contributed by atoms with Crippen LogP contribution in [0, 0.1) is 0 Å². The summed E-state index contributed by atoms with van der Waals surface area (Å²) in [5.74, 6) is 0.312. The van der Waals surface area contributed by atoms with Gasteiger partial charge in [0.2, 0.25) is 11.8 Å². The maximum Gasteiger partial charge on any atom is 0.238 e. The quantitative estimate of drug-likeness (QED) is 0.737. The van der Waals surface area contributed by atoms with Crippen molar-refractivity contribution in [2.45, 2.75) is 51.2 Å². The number of likely N-dealkylation sites (N-methyl/N-ethyl adjacent to an activating group) is 1. The van der Waals surface area contributed by atoms with E-state index in [1.807, 2.05) is 18.7 Å². The zero-order valence-corrected chi connectivity index (χ0v) is 13.4. The van der Waals surface area contributed by atoms with Crippen molar-refractivity contribution >= 4 is 11.8 Å². The average Bonchev–Trinajstić information content (AvgIpc) is 2.93. The van der Waals surface area contributed by atoms with Gasteiger partial charge in [0.05, 0.1) is 0 Å². The van der Waals surface area contributed by atoms with Crippen LogP contribution in [0.2, 0.25) is 0 Å². The number of nitrogens with zero attached hydrogens (tertiary/aromatic N) is 2. The highest BCUT2D eigenvalue weighted by molar-refractivity contribution is 5.83. The van der Waals surface area contributed by atoms with Gasteiger partial charge in [-0.3, -0.25) is 14.5 Å². The predicted octanol–water partition coefficient (Wildman–Crippen LogP) is -0.204. The minimum atomic E-state index is -0.0986. The lowest BCUT2D eigenvalue weighted by Gasteiger charge is -2.32. The zero-order valence-electron chi connectivity index (χ0n) is 13.4. The molecule has 0 aromatic carbocycles. The lowest BCUT2D eigenvalue weighted by molar-refractivity contribution is -0.131. The molecule has 0 spiro atoms. The van der Waals surface area contributed by atoms with Crippen molar-refractivity contribution in [1.29, 1.82) is 0 Å². The number of hydrogen-bond acceptors (Lipinski definition) is 4. The fraction of sp³-hybridized carbons (Fsp3) is 0.867. The van der Waals surface area contributed by atoms with Crippen molar-refractivity contribution in [3.05, 3.63) is 0 Å². The molecule has 0 aliphatic carbocycles. The Bertz CT molecular complexity index is 384. The van der Waals surface area contributed by atoms with E-state index >= 15 is 0 Å². The first-order valence-corrected chi connectivity index (χ1v) is 8.09. The van der Waals surface area contributed by atoms with E-state index in [9.17, 15) is 9.59 Å². The Morgan fingerprint density at radius 1 is 1.38 bits per heavy atom. The van der Waals surface area contributed by atoms with Gasteiger partial charge in [-0.1, -0.05) is 0 Å². The van der Waals surface area contributed by atoms with Crippen molar-refractivity contribution in [1.82, 2.24) is 20.4 Å². The zero-order chi connectivity index (χ0) is 15.4. The summed E-state index contributed by atoms with van der Waals surface area (Å²) >= 11 is 0. The number of amides is 2. The maximum atomic E-state index is 12.1. The van der Waals surface area contributed by atoms with Gasteiger partial charge in [-0.15, -0.1) is 0 Å². The van der Waals surface area contributed by atoms with Crippen LogP contribution in [0.15, 0.2) is 0 Å². The van der Waals surface area contributed by atoms with Gasteiger partial charge in [-0.05, 0) is 40.3 Å². The van der Waals surface area contributed by atoms with Crippen LogP contribution in [0.25, 0.3) is 0 Å². The molecule has 2 heterocycles. The molecule has 0 aromatic heterocycles. The monoisotopic (exact) mass is 296 g/mol. The topological polar surface area (TPSA) is 64.7 Å². The van der Waals surface area contributed by atoms with Crippen LogP contribution in [0.1, 0.15) is 33.1 Å². The number of hydrogen-bond donors (Lipinski definition) is 2. The van der Waals surface area contributed by atoms with Crippen molar-refractivity contribution in [3.8, 4) is 0 Å². The predicted molar refractivity (Wildman–Crippen MR) is 81.9 cm³/mol. The largest absolute Gasteiger partial charge is 0.353 e. The fourth-order valence-corrected chi connectivity index (χ4v) is 3.47.